The van der Waals surface area contributed by atoms with Crippen LogP contribution in [0.25, 0.3) is 0 Å². The third-order valence-electron chi connectivity index (χ3n) is 5.47. The molecule has 7 heteroatoms. The molecule has 1 N–H and O–H groups in total. The van der Waals surface area contributed by atoms with Crippen LogP contribution < -0.4 is 5.32 Å². The molecular formula is C20H20BN3O3. The van der Waals surface area contributed by atoms with Crippen LogP contribution in [0, 0.1) is 17.8 Å². The van der Waals surface area contributed by atoms with E-state index in [4.69, 9.17) is 7.98 Å². The smallest absolute Gasteiger partial charge is 0.255 e. The van der Waals surface area contributed by atoms with E-state index in [1.165, 1.54) is 0 Å². The number of rotatable bonds is 1. The van der Waals surface area contributed by atoms with Crippen LogP contribution in [0.1, 0.15) is 47.2 Å². The van der Waals surface area contributed by atoms with Gasteiger partial charge in [-0.15, -0.1) is 0 Å². The van der Waals surface area contributed by atoms with Crippen LogP contribution in [-0.2, 0) is 16.1 Å². The Morgan fingerprint density at radius 1 is 1.11 bits per heavy atom. The summed E-state index contributed by atoms with van der Waals surface area (Å²) >= 11 is 0. The summed E-state index contributed by atoms with van der Waals surface area (Å²) in [5.41, 5.74) is 2.37. The van der Waals surface area contributed by atoms with Crippen molar-refractivity contribution in [3.8, 4) is 11.8 Å². The van der Waals surface area contributed by atoms with Gasteiger partial charge in [-0.2, -0.15) is 0 Å². The molecule has 1 aromatic carbocycles. The quantitative estimate of drug-likeness (QED) is 0.452. The van der Waals surface area contributed by atoms with Crippen molar-refractivity contribution in [1.82, 2.24) is 15.0 Å². The van der Waals surface area contributed by atoms with Crippen molar-refractivity contribution in [2.75, 3.05) is 13.1 Å². The first-order valence-corrected chi connectivity index (χ1v) is 9.30. The first kappa shape index (κ1) is 17.8. The minimum Gasteiger partial charge on any atom is -0.353 e. The topological polar surface area (TPSA) is 69.7 Å². The van der Waals surface area contributed by atoms with Crippen molar-refractivity contribution in [3.05, 3.63) is 34.9 Å². The van der Waals surface area contributed by atoms with E-state index in [1.807, 2.05) is 16.9 Å². The maximum absolute atomic E-state index is 12.7. The standard InChI is InChI=1S/C20H20BN3O3/c21-23-9-7-13(8-10-23)1-2-14-3-4-16-15(11-14)12-24(20(16)27)17-5-6-18(25)22-19(17)26/h3-4,11,13,17H,5-10,12H2,(H,22,25,26). The SMILES string of the molecule is [B]N1CCC(C#Cc2ccc3c(c2)CN(C2CCC(=O)NC2=O)C3=O)CC1. The summed E-state index contributed by atoms with van der Waals surface area (Å²) in [6.45, 7) is 2.10. The summed E-state index contributed by atoms with van der Waals surface area (Å²) in [6.07, 6.45) is 2.57. The monoisotopic (exact) mass is 361 g/mol. The summed E-state index contributed by atoms with van der Waals surface area (Å²) in [5.74, 6) is 6.05. The van der Waals surface area contributed by atoms with Crippen molar-refractivity contribution in [3.63, 3.8) is 0 Å². The lowest BCUT2D eigenvalue weighted by Crippen LogP contribution is -2.52. The lowest BCUT2D eigenvalue weighted by molar-refractivity contribution is -0.136. The Bertz CT molecular complexity index is 865. The summed E-state index contributed by atoms with van der Waals surface area (Å²) in [6, 6.07) is 4.99. The molecule has 4 rings (SSSR count). The third-order valence-corrected chi connectivity index (χ3v) is 5.47. The zero-order valence-electron chi connectivity index (χ0n) is 15.0. The number of amides is 3. The second-order valence-electron chi connectivity index (χ2n) is 7.35. The van der Waals surface area contributed by atoms with Crippen molar-refractivity contribution < 1.29 is 14.4 Å². The number of fused-ring (bicyclic) bond motifs is 1. The summed E-state index contributed by atoms with van der Waals surface area (Å²) in [4.78, 5) is 39.5. The van der Waals surface area contributed by atoms with Crippen LogP contribution in [0.15, 0.2) is 18.2 Å². The summed E-state index contributed by atoms with van der Waals surface area (Å²) < 4.78 is 0. The number of hydrogen-bond acceptors (Lipinski definition) is 4. The molecular weight excluding hydrogens is 341 g/mol. The van der Waals surface area contributed by atoms with E-state index in [9.17, 15) is 14.4 Å². The fourth-order valence-corrected chi connectivity index (χ4v) is 3.88. The summed E-state index contributed by atoms with van der Waals surface area (Å²) in [5, 5.41) is 2.32. The minimum absolute atomic E-state index is 0.158. The molecule has 2 saturated heterocycles. The predicted molar refractivity (Wildman–Crippen MR) is 99.4 cm³/mol. The molecule has 6 nitrogen and oxygen atoms in total. The molecule has 27 heavy (non-hydrogen) atoms. The number of carbonyl (C=O) groups is 3. The van der Waals surface area contributed by atoms with Gasteiger partial charge in [0.25, 0.3) is 5.91 Å². The Labute approximate surface area is 159 Å². The highest BCUT2D eigenvalue weighted by atomic mass is 16.2. The average Bonchev–Trinajstić information content (AvgIpc) is 2.97. The number of nitrogens with one attached hydrogen (secondary N) is 1. The Morgan fingerprint density at radius 3 is 2.63 bits per heavy atom. The Balaban J connectivity index is 1.48. The van der Waals surface area contributed by atoms with Crippen LogP contribution in [0.5, 0.6) is 0 Å². The van der Waals surface area contributed by atoms with E-state index in [0.717, 1.165) is 37.1 Å². The number of benzene rings is 1. The van der Waals surface area contributed by atoms with Gasteiger partial charge in [-0.3, -0.25) is 19.7 Å². The molecule has 3 aliphatic heterocycles. The third kappa shape index (κ3) is 3.63. The Hall–Kier alpha value is -2.59. The van der Waals surface area contributed by atoms with Gasteiger partial charge in [0.2, 0.25) is 11.8 Å². The van der Waals surface area contributed by atoms with Crippen LogP contribution in [-0.4, -0.2) is 54.5 Å². The van der Waals surface area contributed by atoms with Crippen LogP contribution in [0.3, 0.4) is 0 Å². The highest BCUT2D eigenvalue weighted by Crippen LogP contribution is 2.28. The van der Waals surface area contributed by atoms with Crippen LogP contribution >= 0.6 is 0 Å². The number of nitrogens with zero attached hydrogens (tertiary/aromatic N) is 2. The largest absolute Gasteiger partial charge is 0.353 e. The second-order valence-corrected chi connectivity index (χ2v) is 7.35. The molecule has 0 saturated carbocycles. The van der Waals surface area contributed by atoms with Gasteiger partial charge in [0.1, 0.15) is 6.04 Å². The van der Waals surface area contributed by atoms with Gasteiger partial charge in [0.15, 0.2) is 7.98 Å². The lowest BCUT2D eigenvalue weighted by atomic mass is 9.95. The first-order chi connectivity index (χ1) is 13.0. The second kappa shape index (κ2) is 7.20. The fraction of sp³-hybridized carbons (Fsp3) is 0.450. The fourth-order valence-electron chi connectivity index (χ4n) is 3.88. The van der Waals surface area contributed by atoms with Gasteiger partial charge in [0, 0.05) is 30.0 Å². The van der Waals surface area contributed by atoms with E-state index in [-0.39, 0.29) is 18.2 Å². The molecule has 2 fully saturated rings. The summed E-state index contributed by atoms with van der Waals surface area (Å²) in [7, 11) is 5.77. The molecule has 1 unspecified atom stereocenters. The van der Waals surface area contributed by atoms with Gasteiger partial charge in [0.05, 0.1) is 0 Å². The molecule has 0 spiro atoms. The Kier molecular flexibility index (Phi) is 4.75. The minimum atomic E-state index is -0.585. The predicted octanol–water partition coefficient (Wildman–Crippen LogP) is 0.595. The molecule has 3 amide bonds. The number of piperidine rings is 2. The van der Waals surface area contributed by atoms with Crippen molar-refractivity contribution in [2.45, 2.75) is 38.3 Å². The van der Waals surface area contributed by atoms with Gasteiger partial charge < -0.3 is 9.71 Å². The first-order valence-electron chi connectivity index (χ1n) is 9.30. The zero-order chi connectivity index (χ0) is 19.0. The van der Waals surface area contributed by atoms with Crippen molar-refractivity contribution >= 4 is 25.7 Å². The molecule has 0 bridgehead atoms. The zero-order valence-corrected chi connectivity index (χ0v) is 15.0. The van der Waals surface area contributed by atoms with Gasteiger partial charge >= 0.3 is 0 Å². The maximum Gasteiger partial charge on any atom is 0.255 e. The maximum atomic E-state index is 12.7. The molecule has 3 aliphatic rings. The highest BCUT2D eigenvalue weighted by molar-refractivity contribution is 6.05. The Morgan fingerprint density at radius 2 is 1.89 bits per heavy atom. The highest BCUT2D eigenvalue weighted by Gasteiger charge is 2.38. The number of imide groups is 1. The van der Waals surface area contributed by atoms with Gasteiger partial charge in [-0.25, -0.2) is 0 Å². The lowest BCUT2D eigenvalue weighted by Gasteiger charge is -2.29. The molecule has 0 aliphatic carbocycles. The average molecular weight is 361 g/mol. The van der Waals surface area contributed by atoms with E-state index >= 15 is 0 Å². The molecule has 136 valence electrons. The van der Waals surface area contributed by atoms with Crippen molar-refractivity contribution in [2.24, 2.45) is 5.92 Å². The molecule has 3 heterocycles. The molecule has 1 aromatic rings. The van der Waals surface area contributed by atoms with Crippen LogP contribution in [0.2, 0.25) is 0 Å². The molecule has 1 atom stereocenters. The van der Waals surface area contributed by atoms with Gasteiger partial charge in [-0.05, 0) is 56.1 Å². The van der Waals surface area contributed by atoms with E-state index < -0.39 is 11.9 Å². The molecule has 2 radical (unpaired) electrons. The van der Waals surface area contributed by atoms with E-state index in [1.54, 1.807) is 11.0 Å². The van der Waals surface area contributed by atoms with E-state index in [0.29, 0.717) is 24.4 Å². The van der Waals surface area contributed by atoms with E-state index in [2.05, 4.69) is 17.2 Å². The normalized spacial score (nSPS) is 23.6. The van der Waals surface area contributed by atoms with Crippen LogP contribution in [0.4, 0.5) is 0 Å². The number of carbonyl (C=O) groups excluding carboxylic acids is 3. The number of hydrogen-bond donors (Lipinski definition) is 1. The van der Waals surface area contributed by atoms with Gasteiger partial charge in [-0.1, -0.05) is 11.8 Å². The van der Waals surface area contributed by atoms with Crippen molar-refractivity contribution in [1.29, 1.82) is 0 Å². The molecule has 0 aromatic heterocycles.